The predicted octanol–water partition coefficient (Wildman–Crippen LogP) is 3.11. The Hall–Kier alpha value is -1.89. The molecule has 1 aromatic heterocycles. The highest BCUT2D eigenvalue weighted by atomic mass is 32.2. The monoisotopic (exact) mass is 359 g/mol. The van der Waals surface area contributed by atoms with E-state index in [1.165, 1.54) is 23.7 Å². The van der Waals surface area contributed by atoms with Crippen molar-refractivity contribution in [1.82, 2.24) is 25.1 Å². The molecule has 7 heteroatoms. The second-order valence-electron chi connectivity index (χ2n) is 6.61. The largest absolute Gasteiger partial charge is 0.337 e. The number of hydrogen-bond acceptors (Lipinski definition) is 5. The van der Waals surface area contributed by atoms with Crippen molar-refractivity contribution in [1.29, 1.82) is 0 Å². The van der Waals surface area contributed by atoms with Gasteiger partial charge in [-0.2, -0.15) is 4.68 Å². The number of rotatable bonds is 5. The molecule has 0 N–H and O–H groups in total. The average molecular weight is 359 g/mol. The summed E-state index contributed by atoms with van der Waals surface area (Å²) in [7, 11) is 0. The van der Waals surface area contributed by atoms with E-state index in [-0.39, 0.29) is 5.91 Å². The zero-order valence-electron chi connectivity index (χ0n) is 15.1. The summed E-state index contributed by atoms with van der Waals surface area (Å²) in [4.78, 5) is 14.7. The van der Waals surface area contributed by atoms with Gasteiger partial charge in [0.05, 0.1) is 11.4 Å². The Kier molecular flexibility index (Phi) is 5.73. The van der Waals surface area contributed by atoms with Gasteiger partial charge in [-0.05, 0) is 67.7 Å². The summed E-state index contributed by atoms with van der Waals surface area (Å²) in [6, 6.07) is 8.80. The number of carbonyl (C=O) groups excluding carboxylic acids is 1. The number of hydrogen-bond donors (Lipinski definition) is 0. The van der Waals surface area contributed by atoms with E-state index in [1.807, 2.05) is 17.0 Å². The molecule has 0 bridgehead atoms. The van der Waals surface area contributed by atoms with E-state index in [9.17, 15) is 4.79 Å². The molecule has 1 amide bonds. The Morgan fingerprint density at radius 3 is 2.52 bits per heavy atom. The van der Waals surface area contributed by atoms with Crippen LogP contribution in [0.25, 0.3) is 5.69 Å². The van der Waals surface area contributed by atoms with E-state index >= 15 is 0 Å². The maximum atomic E-state index is 12.7. The van der Waals surface area contributed by atoms with Gasteiger partial charge in [0.1, 0.15) is 0 Å². The standard InChI is InChI=1S/C18H25N5OS/c1-4-15-8-10-16(11-9-15)23-18(19-20-21-23)25-12-17(24)22-13(2)6-5-7-14(22)3/h8-11,13-14H,4-7,12H2,1-3H3/t13-,14+. The average Bonchev–Trinajstić information content (AvgIpc) is 3.08. The second kappa shape index (κ2) is 7.99. The molecule has 25 heavy (non-hydrogen) atoms. The van der Waals surface area contributed by atoms with Crippen LogP contribution in [-0.2, 0) is 11.2 Å². The third-order valence-corrected chi connectivity index (χ3v) is 5.74. The zero-order chi connectivity index (χ0) is 17.8. The number of aromatic nitrogens is 4. The van der Waals surface area contributed by atoms with Crippen LogP contribution >= 0.6 is 11.8 Å². The normalized spacial score (nSPS) is 20.7. The molecule has 1 fully saturated rings. The van der Waals surface area contributed by atoms with Gasteiger partial charge in [-0.1, -0.05) is 30.8 Å². The summed E-state index contributed by atoms with van der Waals surface area (Å²) < 4.78 is 1.69. The number of thioether (sulfide) groups is 1. The van der Waals surface area contributed by atoms with Crippen molar-refractivity contribution in [2.24, 2.45) is 0 Å². The molecule has 1 saturated heterocycles. The molecule has 2 aromatic rings. The number of likely N-dealkylation sites (tertiary alicyclic amines) is 1. The summed E-state index contributed by atoms with van der Waals surface area (Å²) in [6.07, 6.45) is 4.37. The zero-order valence-corrected chi connectivity index (χ0v) is 15.9. The molecule has 134 valence electrons. The minimum atomic E-state index is 0.167. The molecule has 3 rings (SSSR count). The minimum Gasteiger partial charge on any atom is -0.337 e. The first kappa shape index (κ1) is 17.9. The van der Waals surface area contributed by atoms with Crippen LogP contribution in [0.4, 0.5) is 0 Å². The van der Waals surface area contributed by atoms with Crippen molar-refractivity contribution in [2.75, 3.05) is 5.75 Å². The lowest BCUT2D eigenvalue weighted by Gasteiger charge is -2.39. The first-order valence-electron chi connectivity index (χ1n) is 8.91. The first-order chi connectivity index (χ1) is 12.1. The van der Waals surface area contributed by atoms with Crippen molar-refractivity contribution < 1.29 is 4.79 Å². The van der Waals surface area contributed by atoms with Crippen molar-refractivity contribution >= 4 is 17.7 Å². The van der Waals surface area contributed by atoms with Gasteiger partial charge in [0.2, 0.25) is 11.1 Å². The fourth-order valence-corrected chi connectivity index (χ4v) is 4.18. The fraction of sp³-hybridized carbons (Fsp3) is 0.556. The lowest BCUT2D eigenvalue weighted by atomic mass is 9.98. The van der Waals surface area contributed by atoms with E-state index in [2.05, 4.69) is 48.4 Å². The van der Waals surface area contributed by atoms with Gasteiger partial charge < -0.3 is 4.90 Å². The molecule has 0 radical (unpaired) electrons. The maximum absolute atomic E-state index is 12.7. The molecule has 6 nitrogen and oxygen atoms in total. The molecule has 0 spiro atoms. The summed E-state index contributed by atoms with van der Waals surface area (Å²) in [5.74, 6) is 0.530. The number of amides is 1. The number of tetrazole rings is 1. The molecule has 2 atom stereocenters. The van der Waals surface area contributed by atoms with Gasteiger partial charge in [-0.25, -0.2) is 0 Å². The van der Waals surface area contributed by atoms with E-state index in [0.717, 1.165) is 24.9 Å². The fourth-order valence-electron chi connectivity index (χ4n) is 3.42. The summed E-state index contributed by atoms with van der Waals surface area (Å²) in [5, 5.41) is 12.6. The Balaban J connectivity index is 1.67. The molecular weight excluding hydrogens is 334 g/mol. The van der Waals surface area contributed by atoms with Gasteiger partial charge in [-0.3, -0.25) is 4.79 Å². The van der Waals surface area contributed by atoms with Gasteiger partial charge in [-0.15, -0.1) is 5.10 Å². The van der Waals surface area contributed by atoms with E-state index in [4.69, 9.17) is 0 Å². The number of carbonyl (C=O) groups is 1. The topological polar surface area (TPSA) is 63.9 Å². The summed E-state index contributed by atoms with van der Waals surface area (Å²) >= 11 is 1.40. The third-order valence-electron chi connectivity index (χ3n) is 4.84. The van der Waals surface area contributed by atoms with Crippen LogP contribution < -0.4 is 0 Å². The van der Waals surface area contributed by atoms with E-state index in [0.29, 0.717) is 23.0 Å². The highest BCUT2D eigenvalue weighted by Gasteiger charge is 2.29. The Morgan fingerprint density at radius 1 is 1.20 bits per heavy atom. The van der Waals surface area contributed by atoms with Crippen LogP contribution in [0.5, 0.6) is 0 Å². The summed E-state index contributed by atoms with van der Waals surface area (Å²) in [6.45, 7) is 6.40. The number of nitrogens with zero attached hydrogens (tertiary/aromatic N) is 5. The van der Waals surface area contributed by atoms with Gasteiger partial charge in [0.15, 0.2) is 0 Å². The van der Waals surface area contributed by atoms with Crippen LogP contribution in [0.3, 0.4) is 0 Å². The number of piperidine rings is 1. The van der Waals surface area contributed by atoms with E-state index < -0.39 is 0 Å². The molecule has 1 aliphatic heterocycles. The van der Waals surface area contributed by atoms with Crippen LogP contribution in [0.1, 0.15) is 45.6 Å². The Labute approximate surface area is 153 Å². The molecule has 0 unspecified atom stereocenters. The van der Waals surface area contributed by atoms with Crippen molar-refractivity contribution in [2.45, 2.75) is 63.7 Å². The number of aryl methyl sites for hydroxylation is 1. The summed E-state index contributed by atoms with van der Waals surface area (Å²) in [5.41, 5.74) is 2.19. The third kappa shape index (κ3) is 4.03. The van der Waals surface area contributed by atoms with Crippen LogP contribution in [0.2, 0.25) is 0 Å². The van der Waals surface area contributed by atoms with Crippen LogP contribution in [-0.4, -0.2) is 48.9 Å². The van der Waals surface area contributed by atoms with Crippen LogP contribution in [0, 0.1) is 0 Å². The van der Waals surface area contributed by atoms with Gasteiger partial charge in [0.25, 0.3) is 0 Å². The van der Waals surface area contributed by atoms with Gasteiger partial charge in [0, 0.05) is 12.1 Å². The van der Waals surface area contributed by atoms with Crippen molar-refractivity contribution in [3.8, 4) is 5.69 Å². The quantitative estimate of drug-likeness (QED) is 0.768. The highest BCUT2D eigenvalue weighted by Crippen LogP contribution is 2.25. The highest BCUT2D eigenvalue weighted by molar-refractivity contribution is 7.99. The molecular formula is C18H25N5OS. The van der Waals surface area contributed by atoms with Crippen LogP contribution in [0.15, 0.2) is 29.4 Å². The second-order valence-corrected chi connectivity index (χ2v) is 7.55. The smallest absolute Gasteiger partial charge is 0.233 e. The van der Waals surface area contributed by atoms with Crippen molar-refractivity contribution in [3.63, 3.8) is 0 Å². The minimum absolute atomic E-state index is 0.167. The molecule has 1 aliphatic rings. The maximum Gasteiger partial charge on any atom is 0.233 e. The SMILES string of the molecule is CCc1ccc(-n2nnnc2SCC(=O)N2[C@H](C)CCC[C@@H]2C)cc1. The lowest BCUT2D eigenvalue weighted by molar-refractivity contribution is -0.134. The predicted molar refractivity (Wildman–Crippen MR) is 98.9 cm³/mol. The molecule has 0 aliphatic carbocycles. The Morgan fingerprint density at radius 2 is 1.88 bits per heavy atom. The number of benzene rings is 1. The van der Waals surface area contributed by atoms with E-state index in [1.54, 1.807) is 4.68 Å². The molecule has 0 saturated carbocycles. The van der Waals surface area contributed by atoms with Gasteiger partial charge >= 0.3 is 0 Å². The van der Waals surface area contributed by atoms with Crippen molar-refractivity contribution in [3.05, 3.63) is 29.8 Å². The molecule has 2 heterocycles. The lowest BCUT2D eigenvalue weighted by Crippen LogP contribution is -2.48. The first-order valence-corrected chi connectivity index (χ1v) is 9.90. The Bertz CT molecular complexity index is 705. The molecule has 1 aromatic carbocycles.